The van der Waals surface area contributed by atoms with Gasteiger partial charge in [-0.15, -0.1) is 13.2 Å². The minimum absolute atomic E-state index is 0.170. The first-order valence-electron chi connectivity index (χ1n) is 5.33. The number of halogens is 1. The summed E-state index contributed by atoms with van der Waals surface area (Å²) in [6.07, 6.45) is 3.54. The smallest absolute Gasteiger partial charge is 0.232 e. The predicted octanol–water partition coefficient (Wildman–Crippen LogP) is 2.14. The molecule has 1 rings (SSSR count). The fourth-order valence-corrected chi connectivity index (χ4v) is 1.42. The third-order valence-corrected chi connectivity index (χ3v) is 2.08. The van der Waals surface area contributed by atoms with E-state index in [9.17, 15) is 0 Å². The Bertz CT molecular complexity index is 383. The van der Waals surface area contributed by atoms with Crippen LogP contribution in [0.25, 0.3) is 0 Å². The van der Waals surface area contributed by atoms with Crippen molar-refractivity contribution >= 4 is 23.5 Å². The van der Waals surface area contributed by atoms with E-state index in [1.54, 1.807) is 12.2 Å². The van der Waals surface area contributed by atoms with Crippen LogP contribution in [0.15, 0.2) is 25.3 Å². The number of hydrogen-bond donors (Lipinski definition) is 1. The summed E-state index contributed by atoms with van der Waals surface area (Å²) in [7, 11) is 0. The average molecular weight is 254 g/mol. The fraction of sp³-hybridized carbons (Fsp3) is 0.364. The van der Waals surface area contributed by atoms with Crippen molar-refractivity contribution in [3.63, 3.8) is 0 Å². The molecule has 0 bridgehead atoms. The van der Waals surface area contributed by atoms with Gasteiger partial charge in [0.1, 0.15) is 0 Å². The molecule has 0 radical (unpaired) electrons. The first-order valence-corrected chi connectivity index (χ1v) is 5.71. The Morgan fingerprint density at radius 1 is 1.24 bits per heavy atom. The number of nitrogens with one attached hydrogen (secondary N) is 1. The van der Waals surface area contributed by atoms with Crippen LogP contribution in [0, 0.1) is 0 Å². The standard InChI is InChI=1S/C11H16ClN5/c1-4-7-17(8-5-2)11-15-9(12)14-10(16-11)13-6-3/h4-5H,1-2,6-8H2,3H3,(H,13,14,15,16). The molecule has 1 aromatic heterocycles. The van der Waals surface area contributed by atoms with E-state index in [1.165, 1.54) is 0 Å². The molecule has 0 saturated carbocycles. The summed E-state index contributed by atoms with van der Waals surface area (Å²) in [6.45, 7) is 11.3. The average Bonchev–Trinajstić information content (AvgIpc) is 2.28. The SMILES string of the molecule is C=CCN(CC=C)c1nc(Cl)nc(NCC)n1. The molecule has 0 spiro atoms. The van der Waals surface area contributed by atoms with Crippen LogP contribution in [-0.4, -0.2) is 34.6 Å². The van der Waals surface area contributed by atoms with Crippen molar-refractivity contribution < 1.29 is 0 Å². The normalized spacial score (nSPS) is 9.76. The maximum atomic E-state index is 5.85. The zero-order chi connectivity index (χ0) is 12.7. The van der Waals surface area contributed by atoms with Gasteiger partial charge in [-0.25, -0.2) is 0 Å². The van der Waals surface area contributed by atoms with Crippen LogP contribution in [0.3, 0.4) is 0 Å². The first kappa shape index (κ1) is 13.4. The van der Waals surface area contributed by atoms with Crippen LogP contribution in [0.1, 0.15) is 6.92 Å². The molecule has 1 N–H and O–H groups in total. The van der Waals surface area contributed by atoms with Crippen molar-refractivity contribution in [2.45, 2.75) is 6.92 Å². The molecule has 0 aliphatic rings. The molecule has 6 heteroatoms. The van der Waals surface area contributed by atoms with Gasteiger partial charge in [0.05, 0.1) is 0 Å². The summed E-state index contributed by atoms with van der Waals surface area (Å²) >= 11 is 5.85. The molecular weight excluding hydrogens is 238 g/mol. The summed E-state index contributed by atoms with van der Waals surface area (Å²) in [6, 6.07) is 0. The van der Waals surface area contributed by atoms with Crippen molar-refractivity contribution in [1.29, 1.82) is 0 Å². The van der Waals surface area contributed by atoms with Gasteiger partial charge in [0.15, 0.2) is 0 Å². The van der Waals surface area contributed by atoms with Crippen molar-refractivity contribution in [2.75, 3.05) is 29.9 Å². The van der Waals surface area contributed by atoms with Gasteiger partial charge in [-0.2, -0.15) is 15.0 Å². The molecule has 0 atom stereocenters. The lowest BCUT2D eigenvalue weighted by Crippen LogP contribution is -2.26. The Morgan fingerprint density at radius 3 is 2.41 bits per heavy atom. The molecule has 1 heterocycles. The predicted molar refractivity (Wildman–Crippen MR) is 71.6 cm³/mol. The van der Waals surface area contributed by atoms with Gasteiger partial charge in [-0.3, -0.25) is 0 Å². The molecule has 0 amide bonds. The molecule has 1 aromatic rings. The third-order valence-electron chi connectivity index (χ3n) is 1.91. The van der Waals surface area contributed by atoms with E-state index < -0.39 is 0 Å². The van der Waals surface area contributed by atoms with Gasteiger partial charge in [0, 0.05) is 19.6 Å². The molecular formula is C11H16ClN5. The van der Waals surface area contributed by atoms with E-state index in [0.29, 0.717) is 25.0 Å². The summed E-state index contributed by atoms with van der Waals surface area (Å²) in [5, 5.41) is 3.17. The Balaban J connectivity index is 2.99. The second kappa shape index (κ2) is 6.85. The van der Waals surface area contributed by atoms with E-state index >= 15 is 0 Å². The van der Waals surface area contributed by atoms with Crippen molar-refractivity contribution in [3.05, 3.63) is 30.6 Å². The molecule has 0 aromatic carbocycles. The van der Waals surface area contributed by atoms with E-state index in [-0.39, 0.29) is 5.28 Å². The van der Waals surface area contributed by atoms with Gasteiger partial charge in [-0.1, -0.05) is 12.2 Å². The maximum Gasteiger partial charge on any atom is 0.232 e. The lowest BCUT2D eigenvalue weighted by atomic mass is 10.5. The fourth-order valence-electron chi connectivity index (χ4n) is 1.27. The van der Waals surface area contributed by atoms with Crippen LogP contribution in [-0.2, 0) is 0 Å². The zero-order valence-electron chi connectivity index (χ0n) is 9.86. The molecule has 0 saturated heterocycles. The van der Waals surface area contributed by atoms with E-state index in [1.807, 2.05) is 11.8 Å². The molecule has 0 aliphatic carbocycles. The van der Waals surface area contributed by atoms with Crippen molar-refractivity contribution in [2.24, 2.45) is 0 Å². The summed E-state index contributed by atoms with van der Waals surface area (Å²) < 4.78 is 0. The summed E-state index contributed by atoms with van der Waals surface area (Å²) in [5.41, 5.74) is 0. The monoisotopic (exact) mass is 253 g/mol. The highest BCUT2D eigenvalue weighted by Gasteiger charge is 2.10. The number of hydrogen-bond acceptors (Lipinski definition) is 5. The number of rotatable bonds is 7. The summed E-state index contributed by atoms with van der Waals surface area (Å²) in [5.74, 6) is 0.987. The second-order valence-electron chi connectivity index (χ2n) is 3.24. The van der Waals surface area contributed by atoms with Crippen LogP contribution in [0.5, 0.6) is 0 Å². The molecule has 0 fully saturated rings. The maximum absolute atomic E-state index is 5.85. The molecule has 0 unspecified atom stereocenters. The lowest BCUT2D eigenvalue weighted by molar-refractivity contribution is 0.871. The number of aromatic nitrogens is 3. The van der Waals surface area contributed by atoms with Gasteiger partial charge in [0.2, 0.25) is 17.2 Å². The Labute approximate surface area is 106 Å². The highest BCUT2D eigenvalue weighted by atomic mass is 35.5. The second-order valence-corrected chi connectivity index (χ2v) is 3.58. The zero-order valence-corrected chi connectivity index (χ0v) is 10.6. The van der Waals surface area contributed by atoms with E-state index in [2.05, 4.69) is 33.4 Å². The molecule has 92 valence electrons. The first-order chi connectivity index (χ1) is 8.21. The van der Waals surface area contributed by atoms with Crippen molar-refractivity contribution in [1.82, 2.24) is 15.0 Å². The van der Waals surface area contributed by atoms with E-state index in [0.717, 1.165) is 6.54 Å². The van der Waals surface area contributed by atoms with Gasteiger partial charge in [0.25, 0.3) is 0 Å². The largest absolute Gasteiger partial charge is 0.354 e. The minimum atomic E-state index is 0.170. The van der Waals surface area contributed by atoms with Gasteiger partial charge in [-0.05, 0) is 18.5 Å². The van der Waals surface area contributed by atoms with Crippen LogP contribution in [0.2, 0.25) is 5.28 Å². The summed E-state index contributed by atoms with van der Waals surface area (Å²) in [4.78, 5) is 14.2. The molecule has 0 aliphatic heterocycles. The highest BCUT2D eigenvalue weighted by molar-refractivity contribution is 6.28. The van der Waals surface area contributed by atoms with Crippen molar-refractivity contribution in [3.8, 4) is 0 Å². The van der Waals surface area contributed by atoms with Crippen LogP contribution >= 0.6 is 11.6 Å². The van der Waals surface area contributed by atoms with Gasteiger partial charge >= 0.3 is 0 Å². The highest BCUT2D eigenvalue weighted by Crippen LogP contribution is 2.13. The van der Waals surface area contributed by atoms with E-state index in [4.69, 9.17) is 11.6 Å². The quantitative estimate of drug-likeness (QED) is 0.755. The number of nitrogens with zero attached hydrogens (tertiary/aromatic N) is 4. The Morgan fingerprint density at radius 2 is 1.88 bits per heavy atom. The molecule has 17 heavy (non-hydrogen) atoms. The Kier molecular flexibility index (Phi) is 5.42. The van der Waals surface area contributed by atoms with Crippen LogP contribution in [0.4, 0.5) is 11.9 Å². The third kappa shape index (κ3) is 4.03. The number of anilines is 2. The minimum Gasteiger partial charge on any atom is -0.354 e. The van der Waals surface area contributed by atoms with Gasteiger partial charge < -0.3 is 10.2 Å². The molecule has 5 nitrogen and oxygen atoms in total. The lowest BCUT2D eigenvalue weighted by Gasteiger charge is -2.19. The van der Waals surface area contributed by atoms with Crippen LogP contribution < -0.4 is 10.2 Å². The topological polar surface area (TPSA) is 53.9 Å². The Hall–Kier alpha value is -1.62.